The summed E-state index contributed by atoms with van der Waals surface area (Å²) in [7, 11) is 3.62. The normalized spacial score (nSPS) is 14.3. The van der Waals surface area contributed by atoms with Gasteiger partial charge in [0, 0.05) is 7.11 Å². The van der Waals surface area contributed by atoms with Crippen molar-refractivity contribution in [2.45, 2.75) is 18.6 Å². The Labute approximate surface area is 81.8 Å². The molecule has 0 aliphatic heterocycles. The molecule has 2 unspecified atom stereocenters. The Hall–Kier alpha value is -1.14. The summed E-state index contributed by atoms with van der Waals surface area (Å²) in [5.41, 5.74) is 0. The largest absolute Gasteiger partial charge is 0.469 e. The average molecular weight is 206 g/mol. The molecule has 0 spiro atoms. The highest BCUT2D eigenvalue weighted by Gasteiger charge is 2.29. The summed E-state index contributed by atoms with van der Waals surface area (Å²) < 4.78 is 13.4. The molecule has 0 aliphatic carbocycles. The first-order valence-electron chi connectivity index (χ1n) is 3.92. The molecule has 0 bridgehead atoms. The SMILES string of the molecule is COC(=O)CC(OC)C(O)C(=O)OC. The predicted octanol–water partition coefficient (Wildman–Crippen LogP) is -0.902. The second kappa shape index (κ2) is 6.33. The van der Waals surface area contributed by atoms with Crippen molar-refractivity contribution in [3.8, 4) is 0 Å². The smallest absolute Gasteiger partial charge is 0.337 e. The van der Waals surface area contributed by atoms with Crippen LogP contribution in [-0.2, 0) is 23.8 Å². The summed E-state index contributed by atoms with van der Waals surface area (Å²) >= 11 is 0. The zero-order valence-electron chi connectivity index (χ0n) is 8.35. The van der Waals surface area contributed by atoms with Crippen molar-refractivity contribution in [2.75, 3.05) is 21.3 Å². The molecule has 2 atom stereocenters. The first kappa shape index (κ1) is 12.9. The van der Waals surface area contributed by atoms with E-state index in [2.05, 4.69) is 9.47 Å². The van der Waals surface area contributed by atoms with E-state index in [1.165, 1.54) is 14.2 Å². The van der Waals surface area contributed by atoms with Crippen LogP contribution >= 0.6 is 0 Å². The summed E-state index contributed by atoms with van der Waals surface area (Å²) in [5.74, 6) is -1.42. The third kappa shape index (κ3) is 3.71. The molecule has 0 fully saturated rings. The van der Waals surface area contributed by atoms with Gasteiger partial charge in [0.15, 0.2) is 6.10 Å². The molecule has 0 aromatic carbocycles. The van der Waals surface area contributed by atoms with Crippen LogP contribution in [0.3, 0.4) is 0 Å². The lowest BCUT2D eigenvalue weighted by atomic mass is 10.1. The lowest BCUT2D eigenvalue weighted by Gasteiger charge is -2.18. The van der Waals surface area contributed by atoms with Crippen molar-refractivity contribution in [1.29, 1.82) is 0 Å². The predicted molar refractivity (Wildman–Crippen MR) is 45.5 cm³/mol. The minimum absolute atomic E-state index is 0.205. The molecule has 0 aliphatic rings. The number of hydrogen-bond donors (Lipinski definition) is 1. The summed E-state index contributed by atoms with van der Waals surface area (Å²) in [6.45, 7) is 0. The van der Waals surface area contributed by atoms with Gasteiger partial charge in [0.05, 0.1) is 20.6 Å². The number of ether oxygens (including phenoxy) is 3. The Kier molecular flexibility index (Phi) is 5.82. The van der Waals surface area contributed by atoms with Crippen LogP contribution in [0.15, 0.2) is 0 Å². The average Bonchev–Trinajstić information content (AvgIpc) is 2.23. The third-order valence-corrected chi connectivity index (χ3v) is 1.69. The Morgan fingerprint density at radius 2 is 1.79 bits per heavy atom. The highest BCUT2D eigenvalue weighted by atomic mass is 16.6. The van der Waals surface area contributed by atoms with Gasteiger partial charge in [-0.05, 0) is 0 Å². The number of carbonyl (C=O) groups is 2. The molecule has 0 aromatic heterocycles. The number of rotatable bonds is 5. The molecule has 0 rings (SSSR count). The molecule has 0 saturated heterocycles. The topological polar surface area (TPSA) is 82.1 Å². The second-order valence-corrected chi connectivity index (χ2v) is 2.52. The van der Waals surface area contributed by atoms with Gasteiger partial charge in [0.2, 0.25) is 0 Å². The van der Waals surface area contributed by atoms with Crippen molar-refractivity contribution in [1.82, 2.24) is 0 Å². The molecule has 1 N–H and O–H groups in total. The zero-order chi connectivity index (χ0) is 11.1. The van der Waals surface area contributed by atoms with Crippen LogP contribution in [0.4, 0.5) is 0 Å². The highest BCUT2D eigenvalue weighted by Crippen LogP contribution is 2.06. The van der Waals surface area contributed by atoms with Gasteiger partial charge in [-0.15, -0.1) is 0 Å². The van der Waals surface area contributed by atoms with Crippen LogP contribution in [0.5, 0.6) is 0 Å². The molecule has 14 heavy (non-hydrogen) atoms. The molecular weight excluding hydrogens is 192 g/mol. The van der Waals surface area contributed by atoms with E-state index in [0.717, 1.165) is 7.11 Å². The maximum atomic E-state index is 10.9. The third-order valence-electron chi connectivity index (χ3n) is 1.69. The number of carbonyl (C=O) groups excluding carboxylic acids is 2. The van der Waals surface area contributed by atoms with Gasteiger partial charge in [0.1, 0.15) is 6.10 Å². The number of methoxy groups -OCH3 is 3. The summed E-state index contributed by atoms with van der Waals surface area (Å²) in [4.78, 5) is 21.7. The monoisotopic (exact) mass is 206 g/mol. The minimum Gasteiger partial charge on any atom is -0.469 e. The number of hydrogen-bond acceptors (Lipinski definition) is 6. The van der Waals surface area contributed by atoms with Crippen LogP contribution in [0.2, 0.25) is 0 Å². The van der Waals surface area contributed by atoms with Gasteiger partial charge in [0.25, 0.3) is 0 Å². The Bertz CT molecular complexity index is 202. The Balaban J connectivity index is 4.25. The molecule has 82 valence electrons. The highest BCUT2D eigenvalue weighted by molar-refractivity contribution is 5.77. The standard InChI is InChI=1S/C8H14O6/c1-12-5(4-6(9)13-2)7(10)8(11)14-3/h5,7,10H,4H2,1-3H3. The van der Waals surface area contributed by atoms with E-state index in [-0.39, 0.29) is 6.42 Å². The van der Waals surface area contributed by atoms with Crippen molar-refractivity contribution in [3.05, 3.63) is 0 Å². The van der Waals surface area contributed by atoms with Gasteiger partial charge in [-0.1, -0.05) is 0 Å². The minimum atomic E-state index is -1.48. The van der Waals surface area contributed by atoms with E-state index in [4.69, 9.17) is 4.74 Å². The van der Waals surface area contributed by atoms with Gasteiger partial charge in [-0.2, -0.15) is 0 Å². The van der Waals surface area contributed by atoms with E-state index < -0.39 is 24.1 Å². The summed E-state index contributed by atoms with van der Waals surface area (Å²) in [6.07, 6.45) is -2.64. The van der Waals surface area contributed by atoms with Gasteiger partial charge >= 0.3 is 11.9 Å². The van der Waals surface area contributed by atoms with Gasteiger partial charge < -0.3 is 19.3 Å². The first-order valence-corrected chi connectivity index (χ1v) is 3.92. The van der Waals surface area contributed by atoms with Crippen molar-refractivity contribution in [2.24, 2.45) is 0 Å². The fourth-order valence-corrected chi connectivity index (χ4v) is 0.844. The van der Waals surface area contributed by atoms with Crippen molar-refractivity contribution < 1.29 is 28.9 Å². The molecule has 6 heteroatoms. The van der Waals surface area contributed by atoms with Gasteiger partial charge in [-0.3, -0.25) is 4.79 Å². The van der Waals surface area contributed by atoms with Crippen molar-refractivity contribution in [3.63, 3.8) is 0 Å². The lowest BCUT2D eigenvalue weighted by Crippen LogP contribution is -2.37. The van der Waals surface area contributed by atoms with Crippen LogP contribution < -0.4 is 0 Å². The van der Waals surface area contributed by atoms with Crippen LogP contribution in [0, 0.1) is 0 Å². The summed E-state index contributed by atoms with van der Waals surface area (Å²) in [5, 5.41) is 9.31. The molecule has 0 heterocycles. The maximum Gasteiger partial charge on any atom is 0.337 e. The first-order chi connectivity index (χ1) is 6.56. The van der Waals surface area contributed by atoms with Crippen LogP contribution in [-0.4, -0.2) is 50.6 Å². The molecular formula is C8H14O6. The summed E-state index contributed by atoms with van der Waals surface area (Å²) in [6, 6.07) is 0. The molecule has 0 radical (unpaired) electrons. The van der Waals surface area contributed by atoms with E-state index in [1.807, 2.05) is 0 Å². The molecule has 6 nitrogen and oxygen atoms in total. The number of aliphatic hydroxyl groups is 1. The molecule has 0 amide bonds. The van der Waals surface area contributed by atoms with E-state index in [1.54, 1.807) is 0 Å². The van der Waals surface area contributed by atoms with Gasteiger partial charge in [-0.25, -0.2) is 4.79 Å². The zero-order valence-corrected chi connectivity index (χ0v) is 8.35. The fourth-order valence-electron chi connectivity index (χ4n) is 0.844. The quantitative estimate of drug-likeness (QED) is 0.587. The Morgan fingerprint density at radius 1 is 1.21 bits per heavy atom. The van der Waals surface area contributed by atoms with E-state index >= 15 is 0 Å². The fraction of sp³-hybridized carbons (Fsp3) is 0.750. The number of aliphatic hydroxyl groups excluding tert-OH is 1. The molecule has 0 aromatic rings. The van der Waals surface area contributed by atoms with E-state index in [9.17, 15) is 14.7 Å². The lowest BCUT2D eigenvalue weighted by molar-refractivity contribution is -0.161. The number of esters is 2. The Morgan fingerprint density at radius 3 is 2.14 bits per heavy atom. The van der Waals surface area contributed by atoms with Crippen LogP contribution in [0.1, 0.15) is 6.42 Å². The molecule has 0 saturated carbocycles. The van der Waals surface area contributed by atoms with Crippen molar-refractivity contribution >= 4 is 11.9 Å². The van der Waals surface area contributed by atoms with E-state index in [0.29, 0.717) is 0 Å². The maximum absolute atomic E-state index is 10.9. The second-order valence-electron chi connectivity index (χ2n) is 2.52. The van der Waals surface area contributed by atoms with Crippen LogP contribution in [0.25, 0.3) is 0 Å².